The quantitative estimate of drug-likeness (QED) is 0.538. The Hall–Kier alpha value is -2.51. The molecule has 0 radical (unpaired) electrons. The number of nitrogens with zero attached hydrogens (tertiary/aromatic N) is 1. The first-order valence-electron chi connectivity index (χ1n) is 8.97. The highest BCUT2D eigenvalue weighted by Gasteiger charge is 2.26. The molecule has 0 unspecified atom stereocenters. The Labute approximate surface area is 165 Å². The SMILES string of the molecule is CN(C)C(O)(O)C/C=C1/c2ccccc2COc2ccc(CC=O)cc21.CO. The molecule has 1 aliphatic heterocycles. The molecule has 0 atom stereocenters. The first-order valence-corrected chi connectivity index (χ1v) is 8.97. The molecule has 0 aromatic heterocycles. The highest BCUT2D eigenvalue weighted by atomic mass is 16.5. The van der Waals surface area contributed by atoms with Crippen molar-refractivity contribution in [1.82, 2.24) is 4.90 Å². The van der Waals surface area contributed by atoms with Gasteiger partial charge in [0.25, 0.3) is 0 Å². The van der Waals surface area contributed by atoms with Crippen molar-refractivity contribution in [1.29, 1.82) is 0 Å². The summed E-state index contributed by atoms with van der Waals surface area (Å²) in [4.78, 5) is 12.3. The van der Waals surface area contributed by atoms with Crippen LogP contribution < -0.4 is 4.74 Å². The molecule has 0 bridgehead atoms. The molecule has 0 saturated carbocycles. The second-order valence-corrected chi connectivity index (χ2v) is 6.64. The average Bonchev–Trinajstić information content (AvgIpc) is 2.85. The van der Waals surface area contributed by atoms with E-state index in [1.807, 2.05) is 48.5 Å². The molecule has 0 fully saturated rings. The summed E-state index contributed by atoms with van der Waals surface area (Å²) in [5.41, 5.74) is 4.63. The minimum Gasteiger partial charge on any atom is -0.488 e. The van der Waals surface area contributed by atoms with E-state index >= 15 is 0 Å². The number of aliphatic hydroxyl groups is 3. The number of carbonyl (C=O) groups excluding carboxylic acids is 1. The van der Waals surface area contributed by atoms with E-state index < -0.39 is 5.91 Å². The van der Waals surface area contributed by atoms with Gasteiger partial charge in [0.1, 0.15) is 18.6 Å². The van der Waals surface area contributed by atoms with Gasteiger partial charge in [-0.3, -0.25) is 4.90 Å². The van der Waals surface area contributed by atoms with Crippen molar-refractivity contribution in [3.05, 3.63) is 70.8 Å². The summed E-state index contributed by atoms with van der Waals surface area (Å²) in [6.45, 7) is 0.435. The number of carbonyl (C=O) groups is 1. The lowest BCUT2D eigenvalue weighted by Gasteiger charge is -2.28. The Morgan fingerprint density at radius 2 is 1.82 bits per heavy atom. The van der Waals surface area contributed by atoms with Gasteiger partial charge >= 0.3 is 0 Å². The van der Waals surface area contributed by atoms with E-state index in [4.69, 9.17) is 9.84 Å². The second kappa shape index (κ2) is 9.61. The lowest BCUT2D eigenvalue weighted by Crippen LogP contribution is -2.43. The van der Waals surface area contributed by atoms with Gasteiger partial charge in [0.15, 0.2) is 0 Å². The second-order valence-electron chi connectivity index (χ2n) is 6.64. The van der Waals surface area contributed by atoms with E-state index in [0.717, 1.165) is 41.2 Å². The summed E-state index contributed by atoms with van der Waals surface area (Å²) in [5.74, 6) is -1.23. The van der Waals surface area contributed by atoms with Crippen molar-refractivity contribution >= 4 is 11.9 Å². The van der Waals surface area contributed by atoms with Crippen molar-refractivity contribution < 1.29 is 24.9 Å². The van der Waals surface area contributed by atoms with Crippen molar-refractivity contribution in [2.24, 2.45) is 0 Å². The Morgan fingerprint density at radius 3 is 2.50 bits per heavy atom. The zero-order chi connectivity index (χ0) is 20.7. The monoisotopic (exact) mass is 385 g/mol. The van der Waals surface area contributed by atoms with Crippen LogP contribution in [0.3, 0.4) is 0 Å². The molecule has 1 heterocycles. The van der Waals surface area contributed by atoms with E-state index in [1.54, 1.807) is 14.1 Å². The lowest BCUT2D eigenvalue weighted by atomic mass is 9.92. The number of fused-ring (bicyclic) bond motifs is 2. The van der Waals surface area contributed by atoms with Crippen molar-refractivity contribution in [2.75, 3.05) is 21.2 Å². The minimum absolute atomic E-state index is 0.0288. The van der Waals surface area contributed by atoms with Crippen LogP contribution >= 0.6 is 0 Å². The summed E-state index contributed by atoms with van der Waals surface area (Å²) in [7, 11) is 4.22. The van der Waals surface area contributed by atoms with Crippen LogP contribution in [-0.2, 0) is 17.8 Å². The number of ether oxygens (including phenoxy) is 1. The highest BCUT2D eigenvalue weighted by Crippen LogP contribution is 2.38. The molecule has 6 heteroatoms. The van der Waals surface area contributed by atoms with E-state index in [2.05, 4.69) is 0 Å². The fraction of sp³-hybridized carbons (Fsp3) is 0.318. The molecular formula is C22H27NO5. The fourth-order valence-corrected chi connectivity index (χ4v) is 2.99. The van der Waals surface area contributed by atoms with Gasteiger partial charge in [-0.05, 0) is 48.5 Å². The van der Waals surface area contributed by atoms with Gasteiger partial charge in [0.05, 0.1) is 0 Å². The van der Waals surface area contributed by atoms with Crippen LogP contribution in [0.1, 0.15) is 28.7 Å². The van der Waals surface area contributed by atoms with E-state index in [-0.39, 0.29) is 6.42 Å². The van der Waals surface area contributed by atoms with E-state index in [9.17, 15) is 15.0 Å². The third-order valence-corrected chi connectivity index (χ3v) is 4.64. The van der Waals surface area contributed by atoms with Gasteiger partial charge in [-0.15, -0.1) is 0 Å². The topological polar surface area (TPSA) is 90.2 Å². The summed E-state index contributed by atoms with van der Waals surface area (Å²) in [6.07, 6.45) is 3.04. The highest BCUT2D eigenvalue weighted by molar-refractivity contribution is 5.85. The van der Waals surface area contributed by atoms with Crippen LogP contribution in [-0.4, -0.2) is 53.6 Å². The molecule has 150 valence electrons. The van der Waals surface area contributed by atoms with E-state index in [1.165, 1.54) is 4.90 Å². The largest absolute Gasteiger partial charge is 0.488 e. The first-order chi connectivity index (χ1) is 13.4. The number of hydrogen-bond donors (Lipinski definition) is 3. The number of rotatable bonds is 5. The maximum absolute atomic E-state index is 10.9. The number of aliphatic hydroxyl groups excluding tert-OH is 1. The molecule has 3 N–H and O–H groups in total. The molecule has 6 nitrogen and oxygen atoms in total. The molecule has 2 aromatic carbocycles. The normalized spacial score (nSPS) is 14.3. The predicted octanol–water partition coefficient (Wildman–Crippen LogP) is 1.95. The van der Waals surface area contributed by atoms with Gasteiger partial charge in [-0.25, -0.2) is 0 Å². The Morgan fingerprint density at radius 1 is 1.11 bits per heavy atom. The van der Waals surface area contributed by atoms with Gasteiger partial charge in [0, 0.05) is 25.5 Å². The van der Waals surface area contributed by atoms with Gasteiger partial charge < -0.3 is 24.9 Å². The third kappa shape index (κ3) is 4.85. The zero-order valence-electron chi connectivity index (χ0n) is 16.4. The molecule has 0 spiro atoms. The zero-order valence-corrected chi connectivity index (χ0v) is 16.4. The first kappa shape index (κ1) is 21.8. The molecule has 0 saturated heterocycles. The summed E-state index contributed by atoms with van der Waals surface area (Å²) < 4.78 is 5.95. The number of aldehydes is 1. The molecule has 0 amide bonds. The standard InChI is InChI=1S/C21H23NO4.CH4O/c1-22(2)21(24,25)11-9-18-17-6-4-3-5-16(17)14-26-20-8-7-15(10-12-23)13-19(18)20;1-2/h3-9,12-13,24-25H,10-11,14H2,1-2H3;2H,1H3/b18-9-;. The smallest absolute Gasteiger partial charge is 0.228 e. The molecule has 2 aromatic rings. The molecule has 0 aliphatic carbocycles. The van der Waals surface area contributed by atoms with Crippen molar-refractivity contribution in [2.45, 2.75) is 25.4 Å². The maximum atomic E-state index is 10.9. The van der Waals surface area contributed by atoms with Crippen LogP contribution in [0.15, 0.2) is 48.5 Å². The minimum atomic E-state index is -1.95. The molecule has 28 heavy (non-hydrogen) atoms. The van der Waals surface area contributed by atoms with E-state index in [0.29, 0.717) is 18.8 Å². The molecule has 1 aliphatic rings. The molecule has 3 rings (SSSR count). The van der Waals surface area contributed by atoms with Gasteiger partial charge in [0.2, 0.25) is 5.91 Å². The third-order valence-electron chi connectivity index (χ3n) is 4.64. The summed E-state index contributed by atoms with van der Waals surface area (Å²) in [5, 5.41) is 27.4. The summed E-state index contributed by atoms with van der Waals surface area (Å²) >= 11 is 0. The maximum Gasteiger partial charge on any atom is 0.228 e. The fourth-order valence-electron chi connectivity index (χ4n) is 2.99. The van der Waals surface area contributed by atoms with Crippen molar-refractivity contribution in [3.8, 4) is 5.75 Å². The molecular weight excluding hydrogens is 358 g/mol. The Balaban J connectivity index is 0.00000136. The predicted molar refractivity (Wildman–Crippen MR) is 108 cm³/mol. The van der Waals surface area contributed by atoms with Crippen LogP contribution in [0.2, 0.25) is 0 Å². The van der Waals surface area contributed by atoms with Crippen LogP contribution in [0, 0.1) is 0 Å². The lowest BCUT2D eigenvalue weighted by molar-refractivity contribution is -0.245. The van der Waals surface area contributed by atoms with Crippen LogP contribution in [0.4, 0.5) is 0 Å². The van der Waals surface area contributed by atoms with Crippen LogP contribution in [0.5, 0.6) is 5.75 Å². The van der Waals surface area contributed by atoms with Gasteiger partial charge in [-0.1, -0.05) is 36.4 Å². The van der Waals surface area contributed by atoms with Crippen LogP contribution in [0.25, 0.3) is 5.57 Å². The Kier molecular flexibility index (Phi) is 7.48. The Bertz CT molecular complexity index is 843. The number of hydrogen-bond acceptors (Lipinski definition) is 6. The number of benzene rings is 2. The van der Waals surface area contributed by atoms with Gasteiger partial charge in [-0.2, -0.15) is 0 Å². The average molecular weight is 385 g/mol. The summed E-state index contributed by atoms with van der Waals surface area (Å²) in [6, 6.07) is 13.6. The van der Waals surface area contributed by atoms with Crippen molar-refractivity contribution in [3.63, 3.8) is 0 Å².